The Balaban J connectivity index is 2.23. The highest BCUT2D eigenvalue weighted by molar-refractivity contribution is 6.24. The first kappa shape index (κ1) is 22.9. The lowest BCUT2D eigenvalue weighted by molar-refractivity contribution is -0.136. The zero-order valence-electron chi connectivity index (χ0n) is 19.4. The second kappa shape index (κ2) is 9.18. The quantitative estimate of drug-likeness (QED) is 0.498. The molecule has 1 aliphatic rings. The van der Waals surface area contributed by atoms with E-state index < -0.39 is 5.97 Å². The number of benzene rings is 2. The first-order valence-corrected chi connectivity index (χ1v) is 10.00. The Labute approximate surface area is 187 Å². The largest absolute Gasteiger partial charge is 0.493 e. The smallest absolute Gasteiger partial charge is 0.340 e. The van der Waals surface area contributed by atoms with Crippen LogP contribution < -0.4 is 19.1 Å². The van der Waals surface area contributed by atoms with E-state index in [0.29, 0.717) is 34.2 Å². The highest BCUT2D eigenvalue weighted by Crippen LogP contribution is 2.42. The normalized spacial score (nSPS) is 14.8. The van der Waals surface area contributed by atoms with Crippen LogP contribution in [0.1, 0.15) is 23.6 Å². The summed E-state index contributed by atoms with van der Waals surface area (Å²) in [4.78, 5) is 27.8. The number of amides is 1. The van der Waals surface area contributed by atoms with Crippen molar-refractivity contribution in [3.05, 3.63) is 63.9 Å². The van der Waals surface area contributed by atoms with Crippen LogP contribution in [0.4, 0.5) is 5.69 Å². The summed E-state index contributed by atoms with van der Waals surface area (Å²) in [5, 5.41) is 0. The number of carbonyl (C=O) groups is 2. The number of aryl methyl sites for hydroxylation is 2. The van der Waals surface area contributed by atoms with E-state index in [1.54, 1.807) is 25.1 Å². The van der Waals surface area contributed by atoms with Gasteiger partial charge in [0.15, 0.2) is 11.5 Å². The van der Waals surface area contributed by atoms with Crippen LogP contribution in [-0.4, -0.2) is 40.3 Å². The molecule has 7 nitrogen and oxygen atoms in total. The van der Waals surface area contributed by atoms with Crippen molar-refractivity contribution in [2.24, 2.45) is 0 Å². The van der Waals surface area contributed by atoms with Gasteiger partial charge in [-0.2, -0.15) is 0 Å². The van der Waals surface area contributed by atoms with Gasteiger partial charge < -0.3 is 18.9 Å². The molecule has 0 radical (unpaired) electrons. The van der Waals surface area contributed by atoms with Crippen LogP contribution in [0, 0.1) is 13.8 Å². The summed E-state index contributed by atoms with van der Waals surface area (Å²) in [6.07, 6.45) is 1.61. The van der Waals surface area contributed by atoms with E-state index in [4.69, 9.17) is 18.9 Å². The lowest BCUT2D eigenvalue weighted by Crippen LogP contribution is -2.24. The van der Waals surface area contributed by atoms with Crippen LogP contribution in [0.15, 0.2) is 47.2 Å². The number of ether oxygens (including phenoxy) is 4. The summed E-state index contributed by atoms with van der Waals surface area (Å²) in [5.41, 5.74) is 4.18. The lowest BCUT2D eigenvalue weighted by atomic mass is 10.0. The van der Waals surface area contributed by atoms with E-state index in [0.717, 1.165) is 11.1 Å². The molecule has 7 heteroatoms. The van der Waals surface area contributed by atoms with Crippen molar-refractivity contribution in [3.8, 4) is 17.2 Å². The molecule has 1 heterocycles. The van der Waals surface area contributed by atoms with Crippen LogP contribution in [0.25, 0.3) is 6.08 Å². The number of hydrogen-bond acceptors (Lipinski definition) is 6. The molecule has 0 saturated heterocycles. The van der Waals surface area contributed by atoms with Gasteiger partial charge in [0.05, 0.1) is 39.6 Å². The Kier molecular flexibility index (Phi) is 6.58. The minimum Gasteiger partial charge on any atom is -0.493 e. The van der Waals surface area contributed by atoms with E-state index in [9.17, 15) is 9.59 Å². The average molecular weight is 437 g/mol. The zero-order valence-corrected chi connectivity index (χ0v) is 19.4. The molecule has 0 fully saturated rings. The molecule has 0 saturated carbocycles. The van der Waals surface area contributed by atoms with E-state index in [1.165, 1.54) is 33.3 Å². The summed E-state index contributed by atoms with van der Waals surface area (Å²) in [6.45, 7) is 5.65. The van der Waals surface area contributed by atoms with Gasteiger partial charge in [-0.1, -0.05) is 6.07 Å². The summed E-state index contributed by atoms with van der Waals surface area (Å²) in [7, 11) is 5.82. The highest BCUT2D eigenvalue weighted by Gasteiger charge is 2.38. The third kappa shape index (κ3) is 3.93. The molecule has 0 unspecified atom stereocenters. The monoisotopic (exact) mass is 437 g/mol. The maximum atomic E-state index is 13.6. The molecular weight excluding hydrogens is 410 g/mol. The Morgan fingerprint density at radius 2 is 1.50 bits per heavy atom. The summed E-state index contributed by atoms with van der Waals surface area (Å²) in [6, 6.07) is 9.29. The van der Waals surface area contributed by atoms with Crippen molar-refractivity contribution in [3.63, 3.8) is 0 Å². The minimum atomic E-state index is -0.589. The Morgan fingerprint density at radius 3 is 2.03 bits per heavy atom. The first-order chi connectivity index (χ1) is 15.3. The average Bonchev–Trinajstić information content (AvgIpc) is 3.01. The van der Waals surface area contributed by atoms with E-state index >= 15 is 0 Å². The van der Waals surface area contributed by atoms with E-state index in [2.05, 4.69) is 0 Å². The fourth-order valence-electron chi connectivity index (χ4n) is 3.96. The number of methoxy groups -OCH3 is 4. The fourth-order valence-corrected chi connectivity index (χ4v) is 3.96. The van der Waals surface area contributed by atoms with Crippen molar-refractivity contribution in [1.29, 1.82) is 0 Å². The Hall–Kier alpha value is -3.74. The number of allylic oxidation sites excluding steroid dienone is 1. The molecule has 0 atom stereocenters. The van der Waals surface area contributed by atoms with Gasteiger partial charge >= 0.3 is 5.97 Å². The standard InChI is InChI=1S/C25H27NO6/c1-14-10-15(2)12-18(11-14)26-16(3)21(25(28)32-7)19(24(26)27)13-17-8-9-20(29-4)23(31-6)22(17)30-5/h8-13H,1-7H3/b19-13-. The van der Waals surface area contributed by atoms with E-state index in [-0.39, 0.29) is 17.1 Å². The number of hydrogen-bond donors (Lipinski definition) is 0. The molecule has 0 bridgehead atoms. The number of carbonyl (C=O) groups excluding carboxylic acids is 2. The predicted octanol–water partition coefficient (Wildman–Crippen LogP) is 4.21. The van der Waals surface area contributed by atoms with Crippen molar-refractivity contribution in [2.75, 3.05) is 33.3 Å². The second-order valence-corrected chi connectivity index (χ2v) is 7.42. The topological polar surface area (TPSA) is 74.3 Å². The summed E-state index contributed by atoms with van der Waals surface area (Å²) >= 11 is 0. The molecule has 2 aromatic carbocycles. The second-order valence-electron chi connectivity index (χ2n) is 7.42. The van der Waals surface area contributed by atoms with Gasteiger partial charge in [0.2, 0.25) is 5.75 Å². The van der Waals surface area contributed by atoms with Gasteiger partial charge in [0, 0.05) is 16.9 Å². The molecular formula is C25H27NO6. The van der Waals surface area contributed by atoms with Gasteiger partial charge in [-0.05, 0) is 62.2 Å². The Bertz CT molecular complexity index is 1130. The third-order valence-corrected chi connectivity index (χ3v) is 5.29. The zero-order chi connectivity index (χ0) is 23.6. The minimum absolute atomic E-state index is 0.202. The number of anilines is 1. The SMILES string of the molecule is COC(=O)C1=C(C)N(c2cc(C)cc(C)c2)C(=O)/C1=C\c1ccc(OC)c(OC)c1OC. The van der Waals surface area contributed by atoms with Crippen LogP contribution in [0.5, 0.6) is 17.2 Å². The molecule has 168 valence electrons. The van der Waals surface area contributed by atoms with E-state index in [1.807, 2.05) is 32.0 Å². The van der Waals surface area contributed by atoms with Crippen molar-refractivity contribution in [2.45, 2.75) is 20.8 Å². The van der Waals surface area contributed by atoms with Crippen LogP contribution in [0.3, 0.4) is 0 Å². The van der Waals surface area contributed by atoms with Gasteiger partial charge in [0.25, 0.3) is 5.91 Å². The third-order valence-electron chi connectivity index (χ3n) is 5.29. The summed E-state index contributed by atoms with van der Waals surface area (Å²) in [5.74, 6) is 0.347. The fraction of sp³-hybridized carbons (Fsp3) is 0.280. The van der Waals surface area contributed by atoms with Gasteiger partial charge in [-0.15, -0.1) is 0 Å². The lowest BCUT2D eigenvalue weighted by Gasteiger charge is -2.19. The highest BCUT2D eigenvalue weighted by atomic mass is 16.5. The number of nitrogens with zero attached hydrogens (tertiary/aromatic N) is 1. The molecule has 0 aliphatic carbocycles. The van der Waals surface area contributed by atoms with Crippen molar-refractivity contribution >= 4 is 23.6 Å². The Morgan fingerprint density at radius 1 is 0.875 bits per heavy atom. The van der Waals surface area contributed by atoms with Crippen LogP contribution in [0.2, 0.25) is 0 Å². The molecule has 0 N–H and O–H groups in total. The molecule has 2 aromatic rings. The predicted molar refractivity (Wildman–Crippen MR) is 122 cm³/mol. The molecule has 3 rings (SSSR count). The van der Waals surface area contributed by atoms with Crippen LogP contribution in [-0.2, 0) is 14.3 Å². The van der Waals surface area contributed by atoms with Crippen LogP contribution >= 0.6 is 0 Å². The number of esters is 1. The van der Waals surface area contributed by atoms with Gasteiger partial charge in [0.1, 0.15) is 0 Å². The van der Waals surface area contributed by atoms with Crippen molar-refractivity contribution in [1.82, 2.24) is 0 Å². The van der Waals surface area contributed by atoms with Gasteiger partial charge in [-0.25, -0.2) is 4.79 Å². The number of rotatable bonds is 6. The molecule has 0 aromatic heterocycles. The maximum Gasteiger partial charge on any atom is 0.340 e. The molecule has 1 aliphatic heterocycles. The molecule has 1 amide bonds. The maximum absolute atomic E-state index is 13.6. The first-order valence-electron chi connectivity index (χ1n) is 10.00. The van der Waals surface area contributed by atoms with Crippen molar-refractivity contribution < 1.29 is 28.5 Å². The summed E-state index contributed by atoms with van der Waals surface area (Å²) < 4.78 is 21.3. The molecule has 0 spiro atoms. The van der Waals surface area contributed by atoms with Gasteiger partial charge in [-0.3, -0.25) is 9.69 Å². The molecule has 32 heavy (non-hydrogen) atoms.